The summed E-state index contributed by atoms with van der Waals surface area (Å²) in [7, 11) is 0. The number of likely N-dealkylation sites (tertiary alicyclic amines) is 1. The Morgan fingerprint density at radius 1 is 1.15 bits per heavy atom. The number of hydrogen-bond acceptors (Lipinski definition) is 3. The Kier molecular flexibility index (Phi) is 5.38. The number of carboxylic acid groups (broad SMARTS) is 1. The summed E-state index contributed by atoms with van der Waals surface area (Å²) >= 11 is 0. The lowest BCUT2D eigenvalue weighted by Crippen LogP contribution is -2.39. The van der Waals surface area contributed by atoms with Crippen molar-refractivity contribution in [2.24, 2.45) is 0 Å². The molecule has 5 nitrogen and oxygen atoms in total. The number of amides is 1. The second-order valence-corrected chi connectivity index (χ2v) is 6.89. The molecule has 1 atom stereocenters. The third-order valence-electron chi connectivity index (χ3n) is 4.95. The van der Waals surface area contributed by atoms with E-state index in [2.05, 4.69) is 22.3 Å². The summed E-state index contributed by atoms with van der Waals surface area (Å²) in [4.78, 5) is 26.4. The lowest BCUT2D eigenvalue weighted by Gasteiger charge is -2.24. The monoisotopic (exact) mass is 352 g/mol. The maximum atomic E-state index is 12.8. The van der Waals surface area contributed by atoms with E-state index in [9.17, 15) is 14.7 Å². The molecule has 0 radical (unpaired) electrons. The van der Waals surface area contributed by atoms with Gasteiger partial charge in [0.25, 0.3) is 0 Å². The van der Waals surface area contributed by atoms with Gasteiger partial charge in [-0.3, -0.25) is 9.69 Å². The molecule has 0 aliphatic carbocycles. The molecule has 1 fully saturated rings. The first-order valence-corrected chi connectivity index (χ1v) is 8.89. The Bertz CT molecular complexity index is 818. The van der Waals surface area contributed by atoms with Crippen molar-refractivity contribution < 1.29 is 14.7 Å². The van der Waals surface area contributed by atoms with Gasteiger partial charge in [0.1, 0.15) is 0 Å². The molecule has 5 heteroatoms. The van der Waals surface area contributed by atoms with Gasteiger partial charge in [-0.2, -0.15) is 0 Å². The predicted octanol–water partition coefficient (Wildman–Crippen LogP) is 3.60. The molecule has 1 amide bonds. The fraction of sp³-hybridized carbons (Fsp3) is 0.333. The van der Waals surface area contributed by atoms with Gasteiger partial charge in [0, 0.05) is 12.2 Å². The first kappa shape index (κ1) is 18.1. The minimum Gasteiger partial charge on any atom is -0.478 e. The molecule has 1 aliphatic rings. The molecule has 1 aliphatic heterocycles. The number of aromatic carboxylic acids is 1. The van der Waals surface area contributed by atoms with Crippen molar-refractivity contribution in [3.63, 3.8) is 0 Å². The normalized spacial score (nSPS) is 17.2. The van der Waals surface area contributed by atoms with Gasteiger partial charge < -0.3 is 10.4 Å². The summed E-state index contributed by atoms with van der Waals surface area (Å²) in [6.45, 7) is 5.28. The predicted molar refractivity (Wildman–Crippen MR) is 101 cm³/mol. The second-order valence-electron chi connectivity index (χ2n) is 6.89. The zero-order valence-corrected chi connectivity index (χ0v) is 15.2. The van der Waals surface area contributed by atoms with Crippen LogP contribution in [0.4, 0.5) is 5.69 Å². The quantitative estimate of drug-likeness (QED) is 0.862. The van der Waals surface area contributed by atoms with Crippen LogP contribution in [0.3, 0.4) is 0 Å². The van der Waals surface area contributed by atoms with Crippen LogP contribution in [-0.2, 0) is 11.3 Å². The van der Waals surface area contributed by atoms with E-state index in [0.29, 0.717) is 11.3 Å². The number of rotatable bonds is 5. The molecule has 1 unspecified atom stereocenters. The van der Waals surface area contributed by atoms with E-state index >= 15 is 0 Å². The number of anilines is 1. The fourth-order valence-electron chi connectivity index (χ4n) is 3.56. The van der Waals surface area contributed by atoms with Gasteiger partial charge in [-0.25, -0.2) is 4.79 Å². The first-order chi connectivity index (χ1) is 12.5. The molecule has 0 saturated carbocycles. The molecule has 2 aromatic rings. The molecule has 26 heavy (non-hydrogen) atoms. The molecule has 0 spiro atoms. The fourth-order valence-corrected chi connectivity index (χ4v) is 3.56. The number of nitrogens with one attached hydrogen (secondary N) is 1. The van der Waals surface area contributed by atoms with Gasteiger partial charge in [0.2, 0.25) is 5.91 Å². The number of aryl methyl sites for hydroxylation is 2. The van der Waals surface area contributed by atoms with Crippen molar-refractivity contribution in [2.75, 3.05) is 11.9 Å². The standard InChI is InChI=1S/C21H24N2O3/c1-14-11-15(2)18(12-17(14)21(25)26)22-20(24)19-9-6-10-23(19)13-16-7-4-3-5-8-16/h3-5,7-8,11-12,19H,6,9-10,13H2,1-2H3,(H,22,24)(H,25,26). The molecule has 136 valence electrons. The largest absolute Gasteiger partial charge is 0.478 e. The van der Waals surface area contributed by atoms with Gasteiger partial charge in [-0.1, -0.05) is 36.4 Å². The highest BCUT2D eigenvalue weighted by Gasteiger charge is 2.31. The highest BCUT2D eigenvalue weighted by Crippen LogP contribution is 2.24. The Morgan fingerprint density at radius 3 is 2.58 bits per heavy atom. The first-order valence-electron chi connectivity index (χ1n) is 8.89. The summed E-state index contributed by atoms with van der Waals surface area (Å²) in [5.41, 5.74) is 3.54. The van der Waals surface area contributed by atoms with E-state index in [1.807, 2.05) is 25.1 Å². The Hall–Kier alpha value is -2.66. The van der Waals surface area contributed by atoms with Gasteiger partial charge in [-0.05, 0) is 56.0 Å². The van der Waals surface area contributed by atoms with E-state index in [1.165, 1.54) is 5.56 Å². The number of benzene rings is 2. The lowest BCUT2D eigenvalue weighted by atomic mass is 10.0. The number of carbonyl (C=O) groups is 2. The van der Waals surface area contributed by atoms with Gasteiger partial charge in [0.05, 0.1) is 11.6 Å². The van der Waals surface area contributed by atoms with Crippen LogP contribution in [0.15, 0.2) is 42.5 Å². The van der Waals surface area contributed by atoms with E-state index in [1.54, 1.807) is 19.1 Å². The zero-order valence-electron chi connectivity index (χ0n) is 15.2. The van der Waals surface area contributed by atoms with E-state index < -0.39 is 5.97 Å². The Balaban J connectivity index is 1.75. The number of hydrogen-bond donors (Lipinski definition) is 2. The minimum atomic E-state index is -0.982. The van der Waals surface area contributed by atoms with Crippen LogP contribution in [0.1, 0.15) is 39.9 Å². The van der Waals surface area contributed by atoms with E-state index in [0.717, 1.165) is 31.5 Å². The molecular formula is C21H24N2O3. The van der Waals surface area contributed by atoms with Crippen molar-refractivity contribution in [1.82, 2.24) is 4.90 Å². The second kappa shape index (κ2) is 7.70. The Labute approximate surface area is 153 Å². The van der Waals surface area contributed by atoms with Crippen molar-refractivity contribution >= 4 is 17.6 Å². The maximum Gasteiger partial charge on any atom is 0.336 e. The maximum absolute atomic E-state index is 12.8. The smallest absolute Gasteiger partial charge is 0.336 e. The average molecular weight is 352 g/mol. The molecule has 0 aromatic heterocycles. The number of carbonyl (C=O) groups excluding carboxylic acids is 1. The molecule has 0 bridgehead atoms. The molecule has 1 heterocycles. The van der Waals surface area contributed by atoms with Crippen molar-refractivity contribution in [3.8, 4) is 0 Å². The lowest BCUT2D eigenvalue weighted by molar-refractivity contribution is -0.120. The van der Waals surface area contributed by atoms with Crippen LogP contribution in [0, 0.1) is 13.8 Å². The highest BCUT2D eigenvalue weighted by molar-refractivity contribution is 5.98. The topological polar surface area (TPSA) is 69.6 Å². The zero-order chi connectivity index (χ0) is 18.7. The number of carboxylic acids is 1. The van der Waals surface area contributed by atoms with Crippen LogP contribution < -0.4 is 5.32 Å². The highest BCUT2D eigenvalue weighted by atomic mass is 16.4. The summed E-state index contributed by atoms with van der Waals surface area (Å²) in [5, 5.41) is 12.3. The van der Waals surface area contributed by atoms with Crippen LogP contribution >= 0.6 is 0 Å². The minimum absolute atomic E-state index is 0.0678. The van der Waals surface area contributed by atoms with Crippen molar-refractivity contribution in [1.29, 1.82) is 0 Å². The van der Waals surface area contributed by atoms with Crippen LogP contribution in [0.2, 0.25) is 0 Å². The van der Waals surface area contributed by atoms with Crippen LogP contribution in [-0.4, -0.2) is 34.5 Å². The van der Waals surface area contributed by atoms with E-state index in [-0.39, 0.29) is 17.5 Å². The third kappa shape index (κ3) is 3.94. The Morgan fingerprint density at radius 2 is 1.88 bits per heavy atom. The summed E-state index contributed by atoms with van der Waals surface area (Å²) in [6.07, 6.45) is 1.80. The SMILES string of the molecule is Cc1cc(C)c(C(=O)O)cc1NC(=O)C1CCCN1Cc1ccccc1. The van der Waals surface area contributed by atoms with Gasteiger partial charge >= 0.3 is 5.97 Å². The summed E-state index contributed by atoms with van der Waals surface area (Å²) < 4.78 is 0. The number of nitrogens with zero attached hydrogens (tertiary/aromatic N) is 1. The average Bonchev–Trinajstić information content (AvgIpc) is 3.06. The molecule has 2 aromatic carbocycles. The van der Waals surface area contributed by atoms with Gasteiger partial charge in [0.15, 0.2) is 0 Å². The summed E-state index contributed by atoms with van der Waals surface area (Å²) in [6, 6.07) is 13.3. The van der Waals surface area contributed by atoms with Crippen LogP contribution in [0.25, 0.3) is 0 Å². The summed E-state index contributed by atoms with van der Waals surface area (Å²) in [5.74, 6) is -1.05. The van der Waals surface area contributed by atoms with Crippen molar-refractivity contribution in [2.45, 2.75) is 39.3 Å². The molecule has 3 rings (SSSR count). The van der Waals surface area contributed by atoms with Crippen molar-refractivity contribution in [3.05, 3.63) is 64.7 Å². The molecule has 1 saturated heterocycles. The van der Waals surface area contributed by atoms with Gasteiger partial charge in [-0.15, -0.1) is 0 Å². The molecule has 2 N–H and O–H groups in total. The van der Waals surface area contributed by atoms with Crippen LogP contribution in [0.5, 0.6) is 0 Å². The molecular weight excluding hydrogens is 328 g/mol. The third-order valence-corrected chi connectivity index (χ3v) is 4.95. The van der Waals surface area contributed by atoms with E-state index in [4.69, 9.17) is 0 Å².